The quantitative estimate of drug-likeness (QED) is 0.774. The van der Waals surface area contributed by atoms with Gasteiger partial charge in [0.25, 0.3) is 5.91 Å². The zero-order valence-electron chi connectivity index (χ0n) is 13.6. The second-order valence-electron chi connectivity index (χ2n) is 5.38. The summed E-state index contributed by atoms with van der Waals surface area (Å²) in [5.74, 6) is 0.723. The zero-order chi connectivity index (χ0) is 15.8. The molecule has 1 amide bonds. The summed E-state index contributed by atoms with van der Waals surface area (Å²) in [6.07, 6.45) is 2.09. The molecule has 3 N–H and O–H groups in total. The van der Waals surface area contributed by atoms with Crippen LogP contribution < -0.4 is 15.8 Å². The fourth-order valence-electron chi connectivity index (χ4n) is 2.28. The maximum atomic E-state index is 12.2. The summed E-state index contributed by atoms with van der Waals surface area (Å²) >= 11 is 0. The van der Waals surface area contributed by atoms with Gasteiger partial charge in [-0.1, -0.05) is 32.0 Å². The number of hydrogen-bond donors (Lipinski definition) is 2. The van der Waals surface area contributed by atoms with Crippen molar-refractivity contribution < 1.29 is 9.53 Å². The minimum atomic E-state index is -0.511. The molecule has 21 heavy (non-hydrogen) atoms. The highest BCUT2D eigenvalue weighted by molar-refractivity contribution is 5.81. The maximum absolute atomic E-state index is 12.2. The number of para-hydroxylation sites is 1. The van der Waals surface area contributed by atoms with Crippen LogP contribution in [0.15, 0.2) is 18.2 Å². The molecule has 0 heterocycles. The van der Waals surface area contributed by atoms with E-state index < -0.39 is 6.10 Å². The molecular weight excluding hydrogens is 264 g/mol. The van der Waals surface area contributed by atoms with Crippen LogP contribution >= 0.6 is 0 Å². The van der Waals surface area contributed by atoms with Crippen molar-refractivity contribution in [3.05, 3.63) is 29.3 Å². The van der Waals surface area contributed by atoms with E-state index in [0.717, 1.165) is 36.1 Å². The largest absolute Gasteiger partial charge is 0.480 e. The van der Waals surface area contributed by atoms with Crippen molar-refractivity contribution in [2.45, 2.75) is 59.1 Å². The second kappa shape index (κ2) is 8.67. The molecular formula is C17H28N2O2. The topological polar surface area (TPSA) is 64.3 Å². The Morgan fingerprint density at radius 1 is 1.33 bits per heavy atom. The molecule has 0 aromatic heterocycles. The maximum Gasteiger partial charge on any atom is 0.260 e. The molecule has 0 bridgehead atoms. The molecule has 4 heteroatoms. The van der Waals surface area contributed by atoms with Gasteiger partial charge in [0.05, 0.1) is 0 Å². The summed E-state index contributed by atoms with van der Waals surface area (Å²) in [5.41, 5.74) is 7.72. The van der Waals surface area contributed by atoms with E-state index in [1.165, 1.54) is 0 Å². The predicted octanol–water partition coefficient (Wildman–Crippen LogP) is 2.57. The number of amides is 1. The first kappa shape index (κ1) is 17.5. The third-order valence-electron chi connectivity index (χ3n) is 3.70. The van der Waals surface area contributed by atoms with Crippen LogP contribution in [0.4, 0.5) is 0 Å². The molecule has 4 nitrogen and oxygen atoms in total. The van der Waals surface area contributed by atoms with E-state index in [2.05, 4.69) is 19.2 Å². The number of ether oxygens (including phenoxy) is 1. The highest BCUT2D eigenvalue weighted by Crippen LogP contribution is 2.25. The molecule has 0 fully saturated rings. The Morgan fingerprint density at radius 3 is 2.57 bits per heavy atom. The van der Waals surface area contributed by atoms with Crippen molar-refractivity contribution in [2.75, 3.05) is 6.54 Å². The van der Waals surface area contributed by atoms with Crippen molar-refractivity contribution in [1.82, 2.24) is 5.32 Å². The molecule has 0 aliphatic rings. The van der Waals surface area contributed by atoms with E-state index >= 15 is 0 Å². The lowest BCUT2D eigenvalue weighted by molar-refractivity contribution is -0.128. The second-order valence-corrected chi connectivity index (χ2v) is 5.38. The van der Waals surface area contributed by atoms with Crippen LogP contribution in [-0.2, 0) is 11.2 Å². The molecule has 0 saturated heterocycles. The Hall–Kier alpha value is -1.55. The summed E-state index contributed by atoms with van der Waals surface area (Å²) in [4.78, 5) is 12.2. The van der Waals surface area contributed by atoms with Crippen LogP contribution in [-0.4, -0.2) is 24.6 Å². The molecule has 1 atom stereocenters. The molecule has 118 valence electrons. The Balaban J connectivity index is 2.78. The van der Waals surface area contributed by atoms with Gasteiger partial charge >= 0.3 is 0 Å². The van der Waals surface area contributed by atoms with Gasteiger partial charge in [0, 0.05) is 6.04 Å². The predicted molar refractivity (Wildman–Crippen MR) is 86.5 cm³/mol. The smallest absolute Gasteiger partial charge is 0.260 e. The average Bonchev–Trinajstić information content (AvgIpc) is 2.48. The van der Waals surface area contributed by atoms with Crippen molar-refractivity contribution in [2.24, 2.45) is 5.73 Å². The number of aryl methyl sites for hydroxylation is 1. The molecule has 0 saturated carbocycles. The summed E-state index contributed by atoms with van der Waals surface area (Å²) in [6.45, 7) is 8.48. The van der Waals surface area contributed by atoms with Crippen molar-refractivity contribution >= 4 is 5.91 Å². The van der Waals surface area contributed by atoms with Gasteiger partial charge in [-0.15, -0.1) is 0 Å². The first-order valence-electron chi connectivity index (χ1n) is 7.79. The first-order chi connectivity index (χ1) is 10.0. The molecule has 1 aromatic rings. The van der Waals surface area contributed by atoms with E-state index in [4.69, 9.17) is 10.5 Å². The summed E-state index contributed by atoms with van der Waals surface area (Å²) < 4.78 is 5.91. The number of hydrogen-bond acceptors (Lipinski definition) is 3. The van der Waals surface area contributed by atoms with Gasteiger partial charge in [0.1, 0.15) is 5.75 Å². The van der Waals surface area contributed by atoms with Gasteiger partial charge in [0.15, 0.2) is 6.10 Å². The van der Waals surface area contributed by atoms with Crippen molar-refractivity contribution in [1.29, 1.82) is 0 Å². The lowest BCUT2D eigenvalue weighted by Crippen LogP contribution is -2.42. The first-order valence-corrected chi connectivity index (χ1v) is 7.79. The van der Waals surface area contributed by atoms with E-state index in [-0.39, 0.29) is 11.9 Å². The SMILES string of the molecule is CCC(CC)NC(=O)C(C)Oc1c(C)cccc1CCN. The number of carbonyl (C=O) groups excluding carboxylic acids is 1. The molecule has 0 spiro atoms. The van der Waals surface area contributed by atoms with Gasteiger partial charge in [-0.05, 0) is 50.8 Å². The molecule has 0 aliphatic carbocycles. The number of benzene rings is 1. The molecule has 0 radical (unpaired) electrons. The van der Waals surface area contributed by atoms with Gasteiger partial charge in [0.2, 0.25) is 0 Å². The minimum Gasteiger partial charge on any atom is -0.480 e. The average molecular weight is 292 g/mol. The fraction of sp³-hybridized carbons (Fsp3) is 0.588. The van der Waals surface area contributed by atoms with Crippen LogP contribution in [0.5, 0.6) is 5.75 Å². The van der Waals surface area contributed by atoms with E-state index in [1.807, 2.05) is 25.1 Å². The highest BCUT2D eigenvalue weighted by atomic mass is 16.5. The normalized spacial score (nSPS) is 12.3. The van der Waals surface area contributed by atoms with Crippen LogP contribution in [0.3, 0.4) is 0 Å². The van der Waals surface area contributed by atoms with Crippen molar-refractivity contribution in [3.63, 3.8) is 0 Å². The monoisotopic (exact) mass is 292 g/mol. The Morgan fingerprint density at radius 2 is 2.00 bits per heavy atom. The summed E-state index contributed by atoms with van der Waals surface area (Å²) in [7, 11) is 0. The summed E-state index contributed by atoms with van der Waals surface area (Å²) in [6, 6.07) is 6.19. The third kappa shape index (κ3) is 5.05. The minimum absolute atomic E-state index is 0.0642. The van der Waals surface area contributed by atoms with E-state index in [0.29, 0.717) is 6.54 Å². The lowest BCUT2D eigenvalue weighted by Gasteiger charge is -2.21. The Labute approximate surface area is 128 Å². The van der Waals surface area contributed by atoms with Crippen LogP contribution in [0, 0.1) is 6.92 Å². The van der Waals surface area contributed by atoms with E-state index in [9.17, 15) is 4.79 Å². The van der Waals surface area contributed by atoms with Crippen molar-refractivity contribution in [3.8, 4) is 5.75 Å². The summed E-state index contributed by atoms with van der Waals surface area (Å²) in [5, 5.41) is 3.02. The fourth-order valence-corrected chi connectivity index (χ4v) is 2.28. The number of nitrogens with one attached hydrogen (secondary N) is 1. The van der Waals surface area contributed by atoms with Crippen LogP contribution in [0.25, 0.3) is 0 Å². The standard InChI is InChI=1S/C17H28N2O2/c1-5-15(6-2)19-17(20)13(4)21-16-12(3)8-7-9-14(16)10-11-18/h7-9,13,15H,5-6,10-11,18H2,1-4H3,(H,19,20). The Kier molecular flexibility index (Phi) is 7.23. The van der Waals surface area contributed by atoms with Crippen LogP contribution in [0.2, 0.25) is 0 Å². The molecule has 1 rings (SSSR count). The third-order valence-corrected chi connectivity index (χ3v) is 3.70. The van der Waals surface area contributed by atoms with Gasteiger partial charge < -0.3 is 15.8 Å². The number of nitrogens with two attached hydrogens (primary N) is 1. The Bertz CT molecular complexity index is 456. The molecule has 1 unspecified atom stereocenters. The number of rotatable bonds is 8. The number of carbonyl (C=O) groups is 1. The lowest BCUT2D eigenvalue weighted by atomic mass is 10.1. The van der Waals surface area contributed by atoms with Gasteiger partial charge in [-0.25, -0.2) is 0 Å². The van der Waals surface area contributed by atoms with E-state index in [1.54, 1.807) is 6.92 Å². The highest BCUT2D eigenvalue weighted by Gasteiger charge is 2.19. The van der Waals surface area contributed by atoms with Crippen LogP contribution in [0.1, 0.15) is 44.7 Å². The van der Waals surface area contributed by atoms with Gasteiger partial charge in [-0.2, -0.15) is 0 Å². The molecule has 0 aliphatic heterocycles. The van der Waals surface area contributed by atoms with Gasteiger partial charge in [-0.3, -0.25) is 4.79 Å². The molecule has 1 aromatic carbocycles. The zero-order valence-corrected chi connectivity index (χ0v) is 13.6.